The Morgan fingerprint density at radius 1 is 1.32 bits per heavy atom. The van der Waals surface area contributed by atoms with Crippen LogP contribution in [0.25, 0.3) is 0 Å². The van der Waals surface area contributed by atoms with Gasteiger partial charge in [-0.05, 0) is 25.8 Å². The SMILES string of the molecule is Cc1ncn(CC(=O)N2CC[C@](O)(c3ccccc3)C2)c1C. The van der Waals surface area contributed by atoms with Crippen molar-refractivity contribution >= 4 is 5.91 Å². The number of likely N-dealkylation sites (tertiary alicyclic amines) is 1. The van der Waals surface area contributed by atoms with Crippen LogP contribution in [0.3, 0.4) is 0 Å². The van der Waals surface area contributed by atoms with E-state index in [9.17, 15) is 9.90 Å². The van der Waals surface area contributed by atoms with E-state index in [1.54, 1.807) is 11.2 Å². The molecule has 0 unspecified atom stereocenters. The number of carbonyl (C=O) groups excluding carboxylic acids is 1. The van der Waals surface area contributed by atoms with Crippen LogP contribution in [-0.2, 0) is 16.9 Å². The van der Waals surface area contributed by atoms with Gasteiger partial charge in [-0.25, -0.2) is 4.98 Å². The molecule has 1 fully saturated rings. The van der Waals surface area contributed by atoms with Crippen LogP contribution in [-0.4, -0.2) is 38.6 Å². The van der Waals surface area contributed by atoms with Crippen molar-refractivity contribution in [3.05, 3.63) is 53.6 Å². The Morgan fingerprint density at radius 3 is 2.68 bits per heavy atom. The molecule has 1 N–H and O–H groups in total. The van der Waals surface area contributed by atoms with Crippen molar-refractivity contribution in [2.75, 3.05) is 13.1 Å². The molecule has 1 aromatic carbocycles. The van der Waals surface area contributed by atoms with Gasteiger partial charge in [0.05, 0.1) is 18.6 Å². The Balaban J connectivity index is 1.70. The van der Waals surface area contributed by atoms with Gasteiger partial charge in [-0.1, -0.05) is 30.3 Å². The molecule has 5 nitrogen and oxygen atoms in total. The summed E-state index contributed by atoms with van der Waals surface area (Å²) in [5, 5.41) is 10.8. The summed E-state index contributed by atoms with van der Waals surface area (Å²) in [7, 11) is 0. The molecule has 1 saturated heterocycles. The molecule has 3 rings (SSSR count). The predicted octanol–water partition coefficient (Wildman–Crippen LogP) is 1.62. The molecule has 1 aliphatic heterocycles. The quantitative estimate of drug-likeness (QED) is 0.937. The van der Waals surface area contributed by atoms with Crippen molar-refractivity contribution in [1.29, 1.82) is 0 Å². The smallest absolute Gasteiger partial charge is 0.242 e. The highest BCUT2D eigenvalue weighted by atomic mass is 16.3. The Morgan fingerprint density at radius 2 is 2.05 bits per heavy atom. The van der Waals surface area contributed by atoms with Crippen LogP contribution in [0.2, 0.25) is 0 Å². The highest BCUT2D eigenvalue weighted by Crippen LogP contribution is 2.31. The van der Waals surface area contributed by atoms with Gasteiger partial charge in [0, 0.05) is 12.2 Å². The van der Waals surface area contributed by atoms with Gasteiger partial charge in [0.25, 0.3) is 0 Å². The summed E-state index contributed by atoms with van der Waals surface area (Å²) in [4.78, 5) is 18.4. The normalized spacial score (nSPS) is 21.3. The van der Waals surface area contributed by atoms with E-state index in [2.05, 4.69) is 4.98 Å². The number of hydrogen-bond acceptors (Lipinski definition) is 3. The summed E-state index contributed by atoms with van der Waals surface area (Å²) in [6, 6.07) is 9.58. The fraction of sp³-hybridized carbons (Fsp3) is 0.412. The molecule has 0 spiro atoms. The number of β-amino-alcohol motifs (C(OH)–C–C–N with tert-alkyl or cyclic N) is 1. The third-order valence-electron chi connectivity index (χ3n) is 4.56. The fourth-order valence-corrected chi connectivity index (χ4v) is 2.94. The van der Waals surface area contributed by atoms with E-state index in [0.29, 0.717) is 19.5 Å². The maximum Gasteiger partial charge on any atom is 0.242 e. The van der Waals surface area contributed by atoms with Crippen molar-refractivity contribution in [3.8, 4) is 0 Å². The number of amides is 1. The average Bonchev–Trinajstić information content (AvgIpc) is 3.07. The molecule has 1 aliphatic rings. The Bertz CT molecular complexity index is 680. The zero-order valence-electron chi connectivity index (χ0n) is 13.0. The molecule has 116 valence electrons. The summed E-state index contributed by atoms with van der Waals surface area (Å²) in [6.45, 7) is 5.09. The van der Waals surface area contributed by atoms with Gasteiger partial charge >= 0.3 is 0 Å². The molecule has 0 aliphatic carbocycles. The van der Waals surface area contributed by atoms with Gasteiger partial charge in [-0.15, -0.1) is 0 Å². The summed E-state index contributed by atoms with van der Waals surface area (Å²) in [5.74, 6) is 0.0207. The van der Waals surface area contributed by atoms with E-state index < -0.39 is 5.60 Å². The Kier molecular flexibility index (Phi) is 3.74. The standard InChI is InChI=1S/C17H21N3O2/c1-13-14(2)20(12-18-13)10-16(21)19-9-8-17(22,11-19)15-6-4-3-5-7-15/h3-7,12,22H,8-11H2,1-2H3/t17-/m1/s1. The third-order valence-corrected chi connectivity index (χ3v) is 4.56. The van der Waals surface area contributed by atoms with Crippen LogP contribution < -0.4 is 0 Å². The van der Waals surface area contributed by atoms with Gasteiger partial charge in [0.1, 0.15) is 12.1 Å². The topological polar surface area (TPSA) is 58.4 Å². The molecule has 0 radical (unpaired) electrons. The van der Waals surface area contributed by atoms with Crippen molar-refractivity contribution in [2.45, 2.75) is 32.4 Å². The number of aliphatic hydroxyl groups is 1. The molecule has 1 atom stereocenters. The zero-order chi connectivity index (χ0) is 15.7. The number of nitrogens with zero attached hydrogens (tertiary/aromatic N) is 3. The highest BCUT2D eigenvalue weighted by Gasteiger charge is 2.39. The van der Waals surface area contributed by atoms with Gasteiger partial charge in [-0.3, -0.25) is 4.79 Å². The zero-order valence-corrected chi connectivity index (χ0v) is 13.0. The maximum atomic E-state index is 12.5. The van der Waals surface area contributed by atoms with Gasteiger partial charge in [-0.2, -0.15) is 0 Å². The molecule has 2 aromatic rings. The minimum atomic E-state index is -0.934. The molecule has 2 heterocycles. The maximum absolute atomic E-state index is 12.5. The second kappa shape index (κ2) is 5.57. The van der Waals surface area contributed by atoms with Crippen LogP contribution in [0, 0.1) is 13.8 Å². The molecule has 1 aromatic heterocycles. The van der Waals surface area contributed by atoms with Gasteiger partial charge in [0.15, 0.2) is 0 Å². The first-order valence-electron chi connectivity index (χ1n) is 7.53. The molecule has 5 heteroatoms. The predicted molar refractivity (Wildman–Crippen MR) is 83.2 cm³/mol. The molecule has 0 bridgehead atoms. The fourth-order valence-electron chi connectivity index (χ4n) is 2.94. The lowest BCUT2D eigenvalue weighted by Gasteiger charge is -2.24. The number of hydrogen-bond donors (Lipinski definition) is 1. The van der Waals surface area contributed by atoms with Crippen LogP contribution in [0.15, 0.2) is 36.7 Å². The molecule has 1 amide bonds. The van der Waals surface area contributed by atoms with E-state index in [-0.39, 0.29) is 12.5 Å². The van der Waals surface area contributed by atoms with E-state index in [0.717, 1.165) is 17.0 Å². The minimum Gasteiger partial charge on any atom is -0.383 e. The first-order valence-corrected chi connectivity index (χ1v) is 7.53. The van der Waals surface area contributed by atoms with Crippen molar-refractivity contribution in [1.82, 2.24) is 14.5 Å². The summed E-state index contributed by atoms with van der Waals surface area (Å²) in [5.41, 5.74) is 1.89. The van der Waals surface area contributed by atoms with E-state index in [1.807, 2.05) is 48.7 Å². The third kappa shape index (κ3) is 2.64. The number of rotatable bonds is 3. The van der Waals surface area contributed by atoms with Crippen LogP contribution in [0.4, 0.5) is 0 Å². The van der Waals surface area contributed by atoms with Crippen molar-refractivity contribution in [3.63, 3.8) is 0 Å². The first kappa shape index (κ1) is 14.8. The lowest BCUT2D eigenvalue weighted by atomic mass is 9.93. The van der Waals surface area contributed by atoms with Crippen LogP contribution in [0.5, 0.6) is 0 Å². The summed E-state index contributed by atoms with van der Waals surface area (Å²) in [6.07, 6.45) is 2.27. The van der Waals surface area contributed by atoms with E-state index in [1.165, 1.54) is 0 Å². The first-order chi connectivity index (χ1) is 10.5. The average molecular weight is 299 g/mol. The second-order valence-corrected chi connectivity index (χ2v) is 6.01. The lowest BCUT2D eigenvalue weighted by Crippen LogP contribution is -2.36. The highest BCUT2D eigenvalue weighted by molar-refractivity contribution is 5.76. The largest absolute Gasteiger partial charge is 0.383 e. The molecular formula is C17H21N3O2. The number of carbonyl (C=O) groups is 1. The van der Waals surface area contributed by atoms with Crippen molar-refractivity contribution in [2.24, 2.45) is 0 Å². The van der Waals surface area contributed by atoms with E-state index in [4.69, 9.17) is 0 Å². The molecule has 22 heavy (non-hydrogen) atoms. The number of benzene rings is 1. The monoisotopic (exact) mass is 299 g/mol. The minimum absolute atomic E-state index is 0.0207. The number of aryl methyl sites for hydroxylation is 1. The van der Waals surface area contributed by atoms with Crippen molar-refractivity contribution < 1.29 is 9.90 Å². The molecular weight excluding hydrogens is 278 g/mol. The Hall–Kier alpha value is -2.14. The summed E-state index contributed by atoms with van der Waals surface area (Å²) >= 11 is 0. The van der Waals surface area contributed by atoms with Crippen LogP contribution in [0.1, 0.15) is 23.4 Å². The number of imidazole rings is 1. The van der Waals surface area contributed by atoms with Gasteiger partial charge in [0.2, 0.25) is 5.91 Å². The number of aromatic nitrogens is 2. The Labute approximate surface area is 130 Å². The van der Waals surface area contributed by atoms with E-state index >= 15 is 0 Å². The second-order valence-electron chi connectivity index (χ2n) is 6.01. The summed E-state index contributed by atoms with van der Waals surface area (Å²) < 4.78 is 1.86. The molecule has 0 saturated carbocycles. The lowest BCUT2D eigenvalue weighted by molar-refractivity contribution is -0.131. The van der Waals surface area contributed by atoms with Crippen LogP contribution >= 0.6 is 0 Å². The van der Waals surface area contributed by atoms with Gasteiger partial charge < -0.3 is 14.6 Å².